The lowest BCUT2D eigenvalue weighted by molar-refractivity contribution is -0.162. The SMILES string of the molecule is CC(C)C(OC(=O)C(=O)CC(=O)N(Cc1ccc(Cl)c(Cl)c1)c1ccc(C(=O)N(C)C)cc1)C(C)C. The molecular formula is C27H32Cl2N2O5. The van der Waals surface area contributed by atoms with Crippen LogP contribution in [-0.2, 0) is 25.7 Å². The van der Waals surface area contributed by atoms with Gasteiger partial charge in [-0.25, -0.2) is 4.79 Å². The van der Waals surface area contributed by atoms with Gasteiger partial charge in [-0.1, -0.05) is 57.0 Å². The fourth-order valence-corrected chi connectivity index (χ4v) is 4.04. The molecule has 2 rings (SSSR count). The van der Waals surface area contributed by atoms with Gasteiger partial charge in [-0.3, -0.25) is 14.4 Å². The Morgan fingerprint density at radius 1 is 0.861 bits per heavy atom. The number of ether oxygens (including phenoxy) is 1. The van der Waals surface area contributed by atoms with Gasteiger partial charge in [-0.05, 0) is 53.8 Å². The third-order valence-electron chi connectivity index (χ3n) is 5.55. The van der Waals surface area contributed by atoms with Gasteiger partial charge in [0, 0.05) is 25.3 Å². The molecule has 0 spiro atoms. The fraction of sp³-hybridized carbons (Fsp3) is 0.407. The summed E-state index contributed by atoms with van der Waals surface area (Å²) in [5, 5.41) is 0.689. The predicted molar refractivity (Wildman–Crippen MR) is 141 cm³/mol. The van der Waals surface area contributed by atoms with Crippen LogP contribution in [0.3, 0.4) is 0 Å². The highest BCUT2D eigenvalue weighted by Crippen LogP contribution is 2.26. The quantitative estimate of drug-likeness (QED) is 0.231. The highest BCUT2D eigenvalue weighted by molar-refractivity contribution is 6.42. The number of carbonyl (C=O) groups is 4. The second kappa shape index (κ2) is 12.9. The van der Waals surface area contributed by atoms with Crippen molar-refractivity contribution >= 4 is 52.5 Å². The Morgan fingerprint density at radius 2 is 1.44 bits per heavy atom. The summed E-state index contributed by atoms with van der Waals surface area (Å²) >= 11 is 12.2. The van der Waals surface area contributed by atoms with Crippen LogP contribution in [-0.4, -0.2) is 48.7 Å². The number of rotatable bonds is 10. The molecule has 0 aromatic heterocycles. The van der Waals surface area contributed by atoms with Crippen LogP contribution in [0.15, 0.2) is 42.5 Å². The molecule has 0 saturated heterocycles. The number of hydrogen-bond donors (Lipinski definition) is 0. The van der Waals surface area contributed by atoms with Gasteiger partial charge in [0.25, 0.3) is 5.91 Å². The first-order valence-corrected chi connectivity index (χ1v) is 12.4. The van der Waals surface area contributed by atoms with Crippen molar-refractivity contribution in [3.05, 3.63) is 63.6 Å². The maximum atomic E-state index is 13.3. The topological polar surface area (TPSA) is 84.0 Å². The molecular weight excluding hydrogens is 503 g/mol. The van der Waals surface area contributed by atoms with Crippen molar-refractivity contribution in [2.75, 3.05) is 19.0 Å². The van der Waals surface area contributed by atoms with Crippen molar-refractivity contribution in [2.24, 2.45) is 11.8 Å². The van der Waals surface area contributed by atoms with E-state index in [1.807, 2.05) is 27.7 Å². The Labute approximate surface area is 222 Å². The molecule has 0 radical (unpaired) electrons. The van der Waals surface area contributed by atoms with E-state index in [0.717, 1.165) is 0 Å². The number of esters is 1. The van der Waals surface area contributed by atoms with Crippen LogP contribution in [0.1, 0.15) is 50.0 Å². The fourth-order valence-electron chi connectivity index (χ4n) is 3.72. The zero-order valence-electron chi connectivity index (χ0n) is 21.4. The monoisotopic (exact) mass is 534 g/mol. The van der Waals surface area contributed by atoms with Gasteiger partial charge in [0.05, 0.1) is 23.0 Å². The van der Waals surface area contributed by atoms with Crippen LogP contribution in [0.4, 0.5) is 5.69 Å². The van der Waals surface area contributed by atoms with Gasteiger partial charge < -0.3 is 14.5 Å². The molecule has 36 heavy (non-hydrogen) atoms. The number of anilines is 1. The molecule has 0 heterocycles. The number of nitrogens with zero attached hydrogens (tertiary/aromatic N) is 2. The lowest BCUT2D eigenvalue weighted by Crippen LogP contribution is -2.36. The number of hydrogen-bond acceptors (Lipinski definition) is 5. The molecule has 0 fully saturated rings. The van der Waals surface area contributed by atoms with Gasteiger partial charge in [-0.2, -0.15) is 0 Å². The number of Topliss-reactive ketones (excluding diaryl/α,β-unsaturated/α-hetero) is 1. The number of ketones is 1. The summed E-state index contributed by atoms with van der Waals surface area (Å²) < 4.78 is 5.40. The maximum Gasteiger partial charge on any atom is 0.375 e. The van der Waals surface area contributed by atoms with E-state index in [2.05, 4.69) is 0 Å². The summed E-state index contributed by atoms with van der Waals surface area (Å²) in [5.41, 5.74) is 1.56. The first kappa shape index (κ1) is 29.3. The van der Waals surface area contributed by atoms with E-state index >= 15 is 0 Å². The molecule has 0 aliphatic rings. The summed E-state index contributed by atoms with van der Waals surface area (Å²) in [5.74, 6) is -2.70. The van der Waals surface area contributed by atoms with Crippen LogP contribution in [0.2, 0.25) is 10.0 Å². The zero-order chi connectivity index (χ0) is 27.2. The average Bonchev–Trinajstić information content (AvgIpc) is 2.81. The summed E-state index contributed by atoms with van der Waals surface area (Å²) in [6.45, 7) is 7.67. The van der Waals surface area contributed by atoms with Crippen molar-refractivity contribution in [2.45, 2.75) is 46.8 Å². The van der Waals surface area contributed by atoms with Gasteiger partial charge in [0.1, 0.15) is 6.10 Å². The molecule has 0 unspecified atom stereocenters. The van der Waals surface area contributed by atoms with Crippen molar-refractivity contribution < 1.29 is 23.9 Å². The Balaban J connectivity index is 2.30. The average molecular weight is 535 g/mol. The van der Waals surface area contributed by atoms with E-state index in [0.29, 0.717) is 26.9 Å². The summed E-state index contributed by atoms with van der Waals surface area (Å²) in [4.78, 5) is 53.4. The second-order valence-corrected chi connectivity index (χ2v) is 10.2. The third kappa shape index (κ3) is 7.80. The van der Waals surface area contributed by atoms with Gasteiger partial charge >= 0.3 is 5.97 Å². The van der Waals surface area contributed by atoms with E-state index in [1.165, 1.54) is 9.80 Å². The van der Waals surface area contributed by atoms with Crippen LogP contribution >= 0.6 is 23.2 Å². The molecule has 0 aliphatic heterocycles. The molecule has 0 aliphatic carbocycles. The first-order valence-electron chi connectivity index (χ1n) is 11.6. The normalized spacial score (nSPS) is 11.1. The highest BCUT2D eigenvalue weighted by atomic mass is 35.5. The smallest absolute Gasteiger partial charge is 0.375 e. The number of carbonyl (C=O) groups excluding carboxylic acids is 4. The molecule has 2 aromatic rings. The molecule has 0 bridgehead atoms. The Kier molecular flexibility index (Phi) is 10.5. The van der Waals surface area contributed by atoms with Gasteiger partial charge in [0.2, 0.25) is 11.7 Å². The van der Waals surface area contributed by atoms with Crippen LogP contribution in [0, 0.1) is 11.8 Å². The van der Waals surface area contributed by atoms with Crippen molar-refractivity contribution in [1.29, 1.82) is 0 Å². The number of amides is 2. The van der Waals surface area contributed by atoms with Crippen molar-refractivity contribution in [1.82, 2.24) is 4.90 Å². The minimum Gasteiger partial charge on any atom is -0.456 e. The van der Waals surface area contributed by atoms with E-state index in [-0.39, 0.29) is 24.3 Å². The van der Waals surface area contributed by atoms with Crippen molar-refractivity contribution in [3.8, 4) is 0 Å². The van der Waals surface area contributed by atoms with Crippen LogP contribution in [0.25, 0.3) is 0 Å². The second-order valence-electron chi connectivity index (χ2n) is 9.43. The van der Waals surface area contributed by atoms with Crippen molar-refractivity contribution in [3.63, 3.8) is 0 Å². The van der Waals surface area contributed by atoms with Gasteiger partial charge in [-0.15, -0.1) is 0 Å². The summed E-state index contributed by atoms with van der Waals surface area (Å²) in [7, 11) is 3.29. The standard InChI is InChI=1S/C27H32Cl2N2O5/c1-16(2)25(17(3)4)36-27(35)23(32)14-24(33)31(15-18-7-12-21(28)22(29)13-18)20-10-8-19(9-11-20)26(34)30(5)6/h7-13,16-17,25H,14-15H2,1-6H3. The molecule has 7 nitrogen and oxygen atoms in total. The Bertz CT molecular complexity index is 1110. The van der Waals surface area contributed by atoms with E-state index in [4.69, 9.17) is 27.9 Å². The third-order valence-corrected chi connectivity index (χ3v) is 6.29. The maximum absolute atomic E-state index is 13.3. The zero-order valence-corrected chi connectivity index (χ0v) is 22.9. The molecule has 194 valence electrons. The largest absolute Gasteiger partial charge is 0.456 e. The molecule has 0 atom stereocenters. The van der Waals surface area contributed by atoms with Crippen LogP contribution in [0.5, 0.6) is 0 Å². The van der Waals surface area contributed by atoms with E-state index in [1.54, 1.807) is 56.6 Å². The Morgan fingerprint density at radius 3 is 1.94 bits per heavy atom. The highest BCUT2D eigenvalue weighted by Gasteiger charge is 2.29. The lowest BCUT2D eigenvalue weighted by Gasteiger charge is -2.25. The summed E-state index contributed by atoms with van der Waals surface area (Å²) in [6.07, 6.45) is -1.10. The minimum absolute atomic E-state index is 0.0204. The lowest BCUT2D eigenvalue weighted by atomic mass is 9.96. The van der Waals surface area contributed by atoms with E-state index < -0.39 is 30.2 Å². The molecule has 0 saturated carbocycles. The number of benzene rings is 2. The number of halogens is 2. The molecule has 9 heteroatoms. The van der Waals surface area contributed by atoms with Gasteiger partial charge in [0.15, 0.2) is 0 Å². The van der Waals surface area contributed by atoms with E-state index in [9.17, 15) is 19.2 Å². The summed E-state index contributed by atoms with van der Waals surface area (Å²) in [6, 6.07) is 11.4. The predicted octanol–water partition coefficient (Wildman–Crippen LogP) is 5.41. The Hall–Kier alpha value is -2.90. The molecule has 2 amide bonds. The van der Waals surface area contributed by atoms with Crippen LogP contribution < -0.4 is 4.90 Å². The minimum atomic E-state index is -1.03. The molecule has 0 N–H and O–H groups in total. The molecule has 2 aromatic carbocycles. The first-order chi connectivity index (χ1) is 16.8.